The number of halogens is 1. The molecular weight excluding hydrogens is 212 g/mol. The molecule has 1 aromatic heterocycles. The number of nitrogens with two attached hydrogens (primary N) is 1. The Morgan fingerprint density at radius 2 is 2.27 bits per heavy atom. The zero-order chi connectivity index (χ0) is 10.8. The summed E-state index contributed by atoms with van der Waals surface area (Å²) in [6, 6.07) is 3.75. The molecule has 0 aliphatic rings. The SMILES string of the molecule is Cc1cc2nc(CCCN)oc2cc1Cl. The van der Waals surface area contributed by atoms with E-state index in [9.17, 15) is 0 Å². The van der Waals surface area contributed by atoms with E-state index < -0.39 is 0 Å². The second-order valence-electron chi connectivity index (χ2n) is 3.57. The summed E-state index contributed by atoms with van der Waals surface area (Å²) in [5, 5.41) is 0.712. The molecule has 0 aliphatic heterocycles. The van der Waals surface area contributed by atoms with Crippen molar-refractivity contribution in [3.05, 3.63) is 28.6 Å². The smallest absolute Gasteiger partial charge is 0.195 e. The van der Waals surface area contributed by atoms with Crippen LogP contribution in [0.4, 0.5) is 0 Å². The van der Waals surface area contributed by atoms with Crippen LogP contribution in [-0.2, 0) is 6.42 Å². The fraction of sp³-hybridized carbons (Fsp3) is 0.364. The standard InChI is InChI=1S/C11H13ClN2O/c1-7-5-9-10(6-8(7)12)15-11(14-9)3-2-4-13/h5-6H,2-4,13H2,1H3. The Morgan fingerprint density at radius 3 is 3.00 bits per heavy atom. The van der Waals surface area contributed by atoms with Crippen molar-refractivity contribution in [1.29, 1.82) is 0 Å². The van der Waals surface area contributed by atoms with Crippen LogP contribution in [0.15, 0.2) is 16.5 Å². The van der Waals surface area contributed by atoms with Crippen LogP contribution in [0.5, 0.6) is 0 Å². The van der Waals surface area contributed by atoms with Gasteiger partial charge in [-0.05, 0) is 31.5 Å². The van der Waals surface area contributed by atoms with Crippen molar-refractivity contribution in [3.63, 3.8) is 0 Å². The largest absolute Gasteiger partial charge is 0.441 e. The average molecular weight is 225 g/mol. The van der Waals surface area contributed by atoms with Crippen LogP contribution in [0.2, 0.25) is 5.02 Å². The predicted octanol–water partition coefficient (Wildman–Crippen LogP) is 2.68. The Bertz CT molecular complexity index is 440. The number of aromatic nitrogens is 1. The Balaban J connectivity index is 2.38. The van der Waals surface area contributed by atoms with Gasteiger partial charge in [0, 0.05) is 17.5 Å². The predicted molar refractivity (Wildman–Crippen MR) is 61.1 cm³/mol. The van der Waals surface area contributed by atoms with Gasteiger partial charge in [-0.25, -0.2) is 4.98 Å². The van der Waals surface area contributed by atoms with Crippen LogP contribution >= 0.6 is 11.6 Å². The molecule has 80 valence electrons. The lowest BCUT2D eigenvalue weighted by molar-refractivity contribution is 0.521. The minimum absolute atomic E-state index is 0.651. The molecule has 0 spiro atoms. The number of rotatable bonds is 3. The molecule has 0 saturated carbocycles. The second kappa shape index (κ2) is 4.21. The van der Waals surface area contributed by atoms with Crippen LogP contribution in [0.3, 0.4) is 0 Å². The molecule has 0 radical (unpaired) electrons. The van der Waals surface area contributed by atoms with Crippen LogP contribution in [-0.4, -0.2) is 11.5 Å². The number of nitrogens with zero attached hydrogens (tertiary/aromatic N) is 1. The number of fused-ring (bicyclic) bond motifs is 1. The van der Waals surface area contributed by atoms with E-state index in [-0.39, 0.29) is 0 Å². The molecule has 4 heteroatoms. The van der Waals surface area contributed by atoms with E-state index in [0.29, 0.717) is 11.6 Å². The maximum Gasteiger partial charge on any atom is 0.195 e. The van der Waals surface area contributed by atoms with Crippen molar-refractivity contribution in [1.82, 2.24) is 4.98 Å². The first-order chi connectivity index (χ1) is 7.20. The zero-order valence-electron chi connectivity index (χ0n) is 8.59. The van der Waals surface area contributed by atoms with Gasteiger partial charge in [0.25, 0.3) is 0 Å². The molecule has 2 rings (SSSR count). The first kappa shape index (κ1) is 10.5. The molecule has 0 aliphatic carbocycles. The van der Waals surface area contributed by atoms with Crippen molar-refractivity contribution in [2.75, 3.05) is 6.54 Å². The number of benzene rings is 1. The molecule has 1 aromatic carbocycles. The molecule has 3 nitrogen and oxygen atoms in total. The number of oxazole rings is 1. The molecular formula is C11H13ClN2O. The van der Waals surface area contributed by atoms with Gasteiger partial charge in [0.15, 0.2) is 11.5 Å². The molecule has 2 aromatic rings. The summed E-state index contributed by atoms with van der Waals surface area (Å²) in [5.41, 5.74) is 8.06. The van der Waals surface area contributed by atoms with Crippen molar-refractivity contribution < 1.29 is 4.42 Å². The summed E-state index contributed by atoms with van der Waals surface area (Å²) >= 11 is 5.99. The third kappa shape index (κ3) is 2.13. The molecule has 15 heavy (non-hydrogen) atoms. The van der Waals surface area contributed by atoms with Gasteiger partial charge in [0.2, 0.25) is 0 Å². The molecule has 0 unspecified atom stereocenters. The molecule has 2 N–H and O–H groups in total. The first-order valence-electron chi connectivity index (χ1n) is 4.96. The molecule has 0 saturated heterocycles. The van der Waals surface area contributed by atoms with Gasteiger partial charge in [-0.1, -0.05) is 11.6 Å². The fourth-order valence-corrected chi connectivity index (χ4v) is 1.62. The highest BCUT2D eigenvalue weighted by atomic mass is 35.5. The van der Waals surface area contributed by atoms with Gasteiger partial charge >= 0.3 is 0 Å². The molecule has 0 amide bonds. The van der Waals surface area contributed by atoms with Crippen LogP contribution in [0.25, 0.3) is 11.1 Å². The summed E-state index contributed by atoms with van der Waals surface area (Å²) < 4.78 is 5.55. The lowest BCUT2D eigenvalue weighted by atomic mass is 10.2. The Kier molecular flexibility index (Phi) is 2.93. The van der Waals surface area contributed by atoms with Crippen molar-refractivity contribution >= 4 is 22.7 Å². The topological polar surface area (TPSA) is 52.0 Å². The van der Waals surface area contributed by atoms with E-state index in [1.807, 2.05) is 19.1 Å². The lowest BCUT2D eigenvalue weighted by Crippen LogP contribution is -2.00. The highest BCUT2D eigenvalue weighted by Gasteiger charge is 2.07. The monoisotopic (exact) mass is 224 g/mol. The van der Waals surface area contributed by atoms with Gasteiger partial charge in [-0.15, -0.1) is 0 Å². The van der Waals surface area contributed by atoms with Crippen molar-refractivity contribution in [2.24, 2.45) is 5.73 Å². The Hall–Kier alpha value is -1.06. The summed E-state index contributed by atoms with van der Waals surface area (Å²) in [6.07, 6.45) is 1.67. The fourth-order valence-electron chi connectivity index (χ4n) is 1.46. The normalized spacial score (nSPS) is 11.1. The highest BCUT2D eigenvalue weighted by molar-refractivity contribution is 6.31. The van der Waals surface area contributed by atoms with E-state index in [1.165, 1.54) is 0 Å². The van der Waals surface area contributed by atoms with E-state index in [4.69, 9.17) is 21.8 Å². The molecule has 0 atom stereocenters. The first-order valence-corrected chi connectivity index (χ1v) is 5.34. The van der Waals surface area contributed by atoms with Crippen molar-refractivity contribution in [2.45, 2.75) is 19.8 Å². The van der Waals surface area contributed by atoms with E-state index >= 15 is 0 Å². The minimum atomic E-state index is 0.651. The third-order valence-electron chi connectivity index (χ3n) is 2.31. The number of hydrogen-bond donors (Lipinski definition) is 1. The summed E-state index contributed by atoms with van der Waals surface area (Å²) in [5.74, 6) is 0.733. The van der Waals surface area contributed by atoms with Gasteiger partial charge in [-0.3, -0.25) is 0 Å². The Labute approximate surface area is 93.2 Å². The van der Waals surface area contributed by atoms with E-state index in [2.05, 4.69) is 4.98 Å². The van der Waals surface area contributed by atoms with Gasteiger partial charge in [-0.2, -0.15) is 0 Å². The van der Waals surface area contributed by atoms with Crippen LogP contribution in [0.1, 0.15) is 17.9 Å². The average Bonchev–Trinajstić information content (AvgIpc) is 2.58. The van der Waals surface area contributed by atoms with E-state index in [1.54, 1.807) is 0 Å². The maximum absolute atomic E-state index is 5.99. The van der Waals surface area contributed by atoms with Gasteiger partial charge in [0.1, 0.15) is 5.52 Å². The molecule has 1 heterocycles. The lowest BCUT2D eigenvalue weighted by Gasteiger charge is -1.94. The minimum Gasteiger partial charge on any atom is -0.441 e. The summed E-state index contributed by atoms with van der Waals surface area (Å²) in [4.78, 5) is 4.37. The molecule has 0 fully saturated rings. The second-order valence-corrected chi connectivity index (χ2v) is 3.98. The highest BCUT2D eigenvalue weighted by Crippen LogP contribution is 2.24. The number of aryl methyl sites for hydroxylation is 2. The summed E-state index contributed by atoms with van der Waals surface area (Å²) in [7, 11) is 0. The Morgan fingerprint density at radius 1 is 1.47 bits per heavy atom. The zero-order valence-corrected chi connectivity index (χ0v) is 9.34. The quantitative estimate of drug-likeness (QED) is 0.872. The van der Waals surface area contributed by atoms with Crippen molar-refractivity contribution in [3.8, 4) is 0 Å². The van der Waals surface area contributed by atoms with Gasteiger partial charge in [0.05, 0.1) is 0 Å². The third-order valence-corrected chi connectivity index (χ3v) is 2.72. The molecule has 0 bridgehead atoms. The maximum atomic E-state index is 5.99. The van der Waals surface area contributed by atoms with Crippen LogP contribution < -0.4 is 5.73 Å². The number of hydrogen-bond acceptors (Lipinski definition) is 3. The van der Waals surface area contributed by atoms with Gasteiger partial charge < -0.3 is 10.2 Å². The van der Waals surface area contributed by atoms with E-state index in [0.717, 1.165) is 35.4 Å². The summed E-state index contributed by atoms with van der Waals surface area (Å²) in [6.45, 7) is 2.61. The van der Waals surface area contributed by atoms with Crippen LogP contribution in [0, 0.1) is 6.92 Å².